The first kappa shape index (κ1) is 29.3. The number of carbonyl (C=O) groups excluding carboxylic acids is 3. The van der Waals surface area contributed by atoms with Gasteiger partial charge in [0.2, 0.25) is 11.8 Å². The Morgan fingerprint density at radius 2 is 1.68 bits per heavy atom. The van der Waals surface area contributed by atoms with Crippen LogP contribution in [-0.4, -0.2) is 90.5 Å². The summed E-state index contributed by atoms with van der Waals surface area (Å²) in [5.41, 5.74) is 11.0. The van der Waals surface area contributed by atoms with Crippen molar-refractivity contribution in [2.45, 2.75) is 37.8 Å². The predicted octanol–water partition coefficient (Wildman–Crippen LogP) is -2.13. The highest BCUT2D eigenvalue weighted by Gasteiger charge is 2.12. The Hall–Kier alpha value is -1.74. The van der Waals surface area contributed by atoms with Gasteiger partial charge in [-0.15, -0.1) is 0 Å². The van der Waals surface area contributed by atoms with Gasteiger partial charge in [-0.3, -0.25) is 19.8 Å². The van der Waals surface area contributed by atoms with Crippen molar-refractivity contribution in [3.63, 3.8) is 0 Å². The third-order valence-electron chi connectivity index (χ3n) is 3.62. The topological polar surface area (TPSA) is 213 Å². The fraction of sp³-hybridized carbons (Fsp3) is 0.765. The Kier molecular flexibility index (Phi) is 17.9. The van der Waals surface area contributed by atoms with Crippen molar-refractivity contribution in [2.24, 2.45) is 11.5 Å². The molecule has 10 N–H and O–H groups in total. The summed E-state index contributed by atoms with van der Waals surface area (Å²) < 4.78 is 4.70. The van der Waals surface area contributed by atoms with Crippen LogP contribution in [0.25, 0.3) is 0 Å². The summed E-state index contributed by atoms with van der Waals surface area (Å²) >= 11 is 0. The van der Waals surface area contributed by atoms with Crippen LogP contribution in [0.4, 0.5) is 0 Å². The van der Waals surface area contributed by atoms with Gasteiger partial charge in [0, 0.05) is 37.6 Å². The molecular formula is C17H34N6O6S2. The SMILES string of the molecule is N=C(N)NCCCC(N)C(=O)NCCSSCCNC(=O)CCC(=O)OCC(O)CO. The van der Waals surface area contributed by atoms with Gasteiger partial charge in [-0.2, -0.15) is 0 Å². The van der Waals surface area contributed by atoms with Crippen LogP contribution in [0.3, 0.4) is 0 Å². The van der Waals surface area contributed by atoms with Gasteiger partial charge in [-0.05, 0) is 12.8 Å². The number of carbonyl (C=O) groups is 3. The number of nitrogens with two attached hydrogens (primary N) is 2. The minimum Gasteiger partial charge on any atom is -0.463 e. The van der Waals surface area contributed by atoms with Gasteiger partial charge in [0.15, 0.2) is 5.96 Å². The molecule has 2 amide bonds. The zero-order chi connectivity index (χ0) is 23.5. The highest BCUT2D eigenvalue weighted by molar-refractivity contribution is 8.76. The van der Waals surface area contributed by atoms with Crippen molar-refractivity contribution in [1.29, 1.82) is 5.41 Å². The molecule has 14 heteroatoms. The maximum absolute atomic E-state index is 11.8. The quantitative estimate of drug-likeness (QED) is 0.0347. The van der Waals surface area contributed by atoms with Crippen LogP contribution in [0, 0.1) is 5.41 Å². The lowest BCUT2D eigenvalue weighted by Gasteiger charge is -2.12. The van der Waals surface area contributed by atoms with Crippen molar-refractivity contribution in [3.05, 3.63) is 0 Å². The maximum Gasteiger partial charge on any atom is 0.306 e. The van der Waals surface area contributed by atoms with E-state index >= 15 is 0 Å². The molecule has 0 spiro atoms. The van der Waals surface area contributed by atoms with E-state index in [1.807, 2.05) is 0 Å². The molecule has 0 saturated heterocycles. The lowest BCUT2D eigenvalue weighted by molar-refractivity contribution is -0.148. The summed E-state index contributed by atoms with van der Waals surface area (Å²) in [7, 11) is 3.11. The molecule has 0 rings (SSSR count). The standard InChI is InChI=1S/C17H34N6O6S2/c18-13(2-1-5-23-17(19)20)16(28)22-7-9-31-30-8-6-21-14(26)3-4-15(27)29-11-12(25)10-24/h12-13,24-25H,1-11,18H2,(H,21,26)(H,22,28)(H4,19,20,23). The van der Waals surface area contributed by atoms with Gasteiger partial charge in [0.1, 0.15) is 12.7 Å². The number of hydrogen-bond donors (Lipinski definition) is 8. The molecule has 2 unspecified atom stereocenters. The van der Waals surface area contributed by atoms with Gasteiger partial charge >= 0.3 is 5.97 Å². The number of ether oxygens (including phenoxy) is 1. The fourth-order valence-electron chi connectivity index (χ4n) is 1.99. The van der Waals surface area contributed by atoms with E-state index in [0.29, 0.717) is 44.0 Å². The zero-order valence-electron chi connectivity index (χ0n) is 17.4. The number of esters is 1. The van der Waals surface area contributed by atoms with E-state index in [9.17, 15) is 14.4 Å². The third kappa shape index (κ3) is 18.7. The van der Waals surface area contributed by atoms with Crippen LogP contribution < -0.4 is 27.4 Å². The second-order valence-corrected chi connectivity index (χ2v) is 9.10. The van der Waals surface area contributed by atoms with Crippen LogP contribution in [0.5, 0.6) is 0 Å². The first-order valence-electron chi connectivity index (χ1n) is 9.83. The Bertz CT molecular complexity index is 557. The molecule has 0 fully saturated rings. The molecule has 0 saturated carbocycles. The minimum atomic E-state index is -1.11. The number of aliphatic hydroxyl groups excluding tert-OH is 2. The molecule has 0 radical (unpaired) electrons. The highest BCUT2D eigenvalue weighted by atomic mass is 33.1. The summed E-state index contributed by atoms with van der Waals surface area (Å²) in [6, 6.07) is -0.598. The molecule has 0 aliphatic heterocycles. The number of guanidine groups is 1. The van der Waals surface area contributed by atoms with E-state index in [0.717, 1.165) is 0 Å². The van der Waals surface area contributed by atoms with Gasteiger partial charge in [-0.1, -0.05) is 21.6 Å². The molecular weight excluding hydrogens is 448 g/mol. The Labute approximate surface area is 189 Å². The average Bonchev–Trinajstić information content (AvgIpc) is 2.74. The zero-order valence-corrected chi connectivity index (χ0v) is 19.1. The van der Waals surface area contributed by atoms with Crippen molar-refractivity contribution in [1.82, 2.24) is 16.0 Å². The van der Waals surface area contributed by atoms with Crippen molar-refractivity contribution in [2.75, 3.05) is 44.4 Å². The minimum absolute atomic E-state index is 0.0109. The molecule has 0 bridgehead atoms. The molecule has 31 heavy (non-hydrogen) atoms. The van der Waals surface area contributed by atoms with E-state index in [2.05, 4.69) is 16.0 Å². The Balaban J connectivity index is 3.55. The van der Waals surface area contributed by atoms with Crippen LogP contribution in [0.15, 0.2) is 0 Å². The summed E-state index contributed by atoms with van der Waals surface area (Å²) in [4.78, 5) is 34.8. The Morgan fingerprint density at radius 3 is 2.29 bits per heavy atom. The summed E-state index contributed by atoms with van der Waals surface area (Å²) in [6.45, 7) is 0.633. The average molecular weight is 483 g/mol. The normalized spacial score (nSPS) is 12.5. The van der Waals surface area contributed by atoms with Crippen LogP contribution in [0.2, 0.25) is 0 Å². The lowest BCUT2D eigenvalue weighted by Crippen LogP contribution is -2.42. The lowest BCUT2D eigenvalue weighted by atomic mass is 10.1. The molecule has 0 aromatic carbocycles. The maximum atomic E-state index is 11.8. The molecule has 180 valence electrons. The molecule has 2 atom stereocenters. The van der Waals surface area contributed by atoms with E-state index in [-0.39, 0.29) is 37.2 Å². The number of hydrogen-bond acceptors (Lipinski definition) is 10. The van der Waals surface area contributed by atoms with Crippen LogP contribution in [-0.2, 0) is 19.1 Å². The molecule has 0 aromatic rings. The van der Waals surface area contributed by atoms with Gasteiger partial charge in [0.25, 0.3) is 0 Å². The monoisotopic (exact) mass is 482 g/mol. The Morgan fingerprint density at radius 1 is 1.03 bits per heavy atom. The van der Waals surface area contributed by atoms with E-state index in [1.54, 1.807) is 21.6 Å². The fourth-order valence-corrected chi connectivity index (χ4v) is 3.80. The first-order valence-corrected chi connectivity index (χ1v) is 12.3. The predicted molar refractivity (Wildman–Crippen MR) is 121 cm³/mol. The van der Waals surface area contributed by atoms with Crippen molar-refractivity contribution in [3.8, 4) is 0 Å². The summed E-state index contributed by atoms with van der Waals surface area (Å²) in [5, 5.41) is 32.8. The first-order chi connectivity index (χ1) is 14.8. The largest absolute Gasteiger partial charge is 0.463 e. The molecule has 0 heterocycles. The van der Waals surface area contributed by atoms with E-state index < -0.39 is 24.7 Å². The number of aliphatic hydroxyl groups is 2. The van der Waals surface area contributed by atoms with Gasteiger partial charge in [0.05, 0.1) is 19.1 Å². The molecule has 0 aliphatic carbocycles. The number of rotatable bonds is 18. The van der Waals surface area contributed by atoms with Gasteiger partial charge in [-0.25, -0.2) is 0 Å². The van der Waals surface area contributed by atoms with Crippen molar-refractivity contribution < 1.29 is 29.3 Å². The van der Waals surface area contributed by atoms with Crippen molar-refractivity contribution >= 4 is 45.3 Å². The number of nitrogens with one attached hydrogen (secondary N) is 4. The molecule has 12 nitrogen and oxygen atoms in total. The molecule has 0 aliphatic rings. The second-order valence-electron chi connectivity index (χ2n) is 6.39. The summed E-state index contributed by atoms with van der Waals surface area (Å²) in [5.74, 6) is 0.148. The summed E-state index contributed by atoms with van der Waals surface area (Å²) in [6.07, 6.45) is -0.0862. The third-order valence-corrected chi connectivity index (χ3v) is 6.03. The molecule has 0 aromatic heterocycles. The smallest absolute Gasteiger partial charge is 0.306 e. The van der Waals surface area contributed by atoms with Crippen LogP contribution >= 0.6 is 21.6 Å². The van der Waals surface area contributed by atoms with E-state index in [4.69, 9.17) is 31.8 Å². The van der Waals surface area contributed by atoms with E-state index in [1.165, 1.54) is 0 Å². The van der Waals surface area contributed by atoms with Crippen LogP contribution in [0.1, 0.15) is 25.7 Å². The van der Waals surface area contributed by atoms with Gasteiger partial charge < -0.3 is 42.4 Å². The second kappa shape index (κ2) is 19.0. The highest BCUT2D eigenvalue weighted by Crippen LogP contribution is 2.19. The number of amides is 2.